The van der Waals surface area contributed by atoms with E-state index in [0.717, 1.165) is 11.3 Å². The van der Waals surface area contributed by atoms with Gasteiger partial charge in [0.1, 0.15) is 0 Å². The fourth-order valence-corrected chi connectivity index (χ4v) is 0.835. The molecule has 0 saturated carbocycles. The number of rotatable bonds is 1. The minimum absolute atomic E-state index is 0.943. The van der Waals surface area contributed by atoms with E-state index in [1.807, 2.05) is 44.4 Å². The molecule has 0 N–H and O–H groups in total. The highest BCUT2D eigenvalue weighted by Gasteiger charge is 1.98. The second-order valence-electron chi connectivity index (χ2n) is 3.67. The minimum atomic E-state index is 0.943. The zero-order chi connectivity index (χ0) is 11.7. The summed E-state index contributed by atoms with van der Waals surface area (Å²) in [5.74, 6) is 0. The lowest BCUT2D eigenvalue weighted by Crippen LogP contribution is -1.97. The van der Waals surface area contributed by atoms with Crippen molar-refractivity contribution in [2.75, 3.05) is 0 Å². The number of allylic oxidation sites excluding steroid dienone is 6. The maximum Gasteiger partial charge on any atom is 0.0695 e. The van der Waals surface area contributed by atoms with E-state index in [1.54, 1.807) is 0 Å². The van der Waals surface area contributed by atoms with E-state index in [0.29, 0.717) is 0 Å². The van der Waals surface area contributed by atoms with Gasteiger partial charge in [-0.05, 0) is 25.5 Å². The fraction of sp³-hybridized carbons (Fsp3) is 0.357. The molecular formula is C14H21N. The maximum absolute atomic E-state index is 4.28. The van der Waals surface area contributed by atoms with Gasteiger partial charge in [0.15, 0.2) is 0 Å². The highest BCUT2D eigenvalue weighted by Crippen LogP contribution is 2.06. The Morgan fingerprint density at radius 2 is 1.80 bits per heavy atom. The summed E-state index contributed by atoms with van der Waals surface area (Å²) in [6.45, 7) is 12.2. The van der Waals surface area contributed by atoms with E-state index < -0.39 is 0 Å². The van der Waals surface area contributed by atoms with Crippen molar-refractivity contribution in [3.63, 3.8) is 0 Å². The lowest BCUT2D eigenvalue weighted by atomic mass is 10.1. The van der Waals surface area contributed by atoms with Crippen LogP contribution in [0, 0.1) is 0 Å². The molecule has 0 aromatic heterocycles. The van der Waals surface area contributed by atoms with Crippen LogP contribution in [-0.2, 0) is 0 Å². The van der Waals surface area contributed by atoms with Gasteiger partial charge in [0.25, 0.3) is 0 Å². The van der Waals surface area contributed by atoms with Crippen LogP contribution in [-0.4, -0.2) is 5.71 Å². The van der Waals surface area contributed by atoms with Gasteiger partial charge >= 0.3 is 0 Å². The Kier molecular flexibility index (Phi) is 7.25. The van der Waals surface area contributed by atoms with Crippen LogP contribution in [0.15, 0.2) is 53.2 Å². The third kappa shape index (κ3) is 6.67. The fourth-order valence-electron chi connectivity index (χ4n) is 0.835. The van der Waals surface area contributed by atoms with Crippen LogP contribution in [0.3, 0.4) is 0 Å². The summed E-state index contributed by atoms with van der Waals surface area (Å²) >= 11 is 0. The number of aliphatic imine (C=N–C) groups is 1. The average Bonchev–Trinajstić information content (AvgIpc) is 2.17. The summed E-state index contributed by atoms with van der Waals surface area (Å²) in [6, 6.07) is 0. The van der Waals surface area contributed by atoms with Crippen molar-refractivity contribution >= 4 is 5.71 Å². The lowest BCUT2D eigenvalue weighted by molar-refractivity contribution is 1.09. The molecule has 0 heterocycles. The summed E-state index contributed by atoms with van der Waals surface area (Å²) in [6.07, 6.45) is 10.9. The highest BCUT2D eigenvalue weighted by molar-refractivity contribution is 6.11. The van der Waals surface area contributed by atoms with E-state index >= 15 is 0 Å². The van der Waals surface area contributed by atoms with Gasteiger partial charge in [-0.25, -0.2) is 0 Å². The summed E-state index contributed by atoms with van der Waals surface area (Å²) in [5, 5.41) is 0. The summed E-state index contributed by atoms with van der Waals surface area (Å²) < 4.78 is 0. The smallest absolute Gasteiger partial charge is 0.0695 e. The molecule has 0 aromatic carbocycles. The molecule has 1 aliphatic rings. The summed E-state index contributed by atoms with van der Waals surface area (Å²) in [4.78, 5) is 4.28. The van der Waals surface area contributed by atoms with Gasteiger partial charge in [0, 0.05) is 6.20 Å². The Balaban J connectivity index is 0.000000583. The Morgan fingerprint density at radius 3 is 2.27 bits per heavy atom. The largest absolute Gasteiger partial charge is 0.256 e. The number of hydrogen-bond acceptors (Lipinski definition) is 1. The van der Waals surface area contributed by atoms with Gasteiger partial charge in [0.2, 0.25) is 0 Å². The zero-order valence-electron chi connectivity index (χ0n) is 10.2. The molecule has 1 aliphatic carbocycles. The van der Waals surface area contributed by atoms with Crippen LogP contribution < -0.4 is 0 Å². The minimum Gasteiger partial charge on any atom is -0.256 e. The Hall–Kier alpha value is -1.37. The van der Waals surface area contributed by atoms with Gasteiger partial charge < -0.3 is 0 Å². The Morgan fingerprint density at radius 1 is 1.27 bits per heavy atom. The van der Waals surface area contributed by atoms with Crippen molar-refractivity contribution < 1.29 is 0 Å². The molecule has 0 fully saturated rings. The van der Waals surface area contributed by atoms with Gasteiger partial charge in [-0.1, -0.05) is 50.6 Å². The third-order valence-corrected chi connectivity index (χ3v) is 1.45. The maximum atomic E-state index is 4.28. The SMILES string of the molecule is C=C1C=CC=CC1=NC=C(C)C.CCC. The predicted octanol–water partition coefficient (Wildman–Crippen LogP) is 4.45. The van der Waals surface area contributed by atoms with Gasteiger partial charge in [0.05, 0.1) is 5.71 Å². The van der Waals surface area contributed by atoms with E-state index in [2.05, 4.69) is 25.4 Å². The molecule has 0 spiro atoms. The summed E-state index contributed by atoms with van der Waals surface area (Å²) in [7, 11) is 0. The first-order valence-corrected chi connectivity index (χ1v) is 5.37. The van der Waals surface area contributed by atoms with Crippen LogP contribution in [0.2, 0.25) is 0 Å². The molecule has 15 heavy (non-hydrogen) atoms. The van der Waals surface area contributed by atoms with Gasteiger partial charge in [-0.15, -0.1) is 0 Å². The monoisotopic (exact) mass is 203 g/mol. The van der Waals surface area contributed by atoms with E-state index in [-0.39, 0.29) is 0 Å². The average molecular weight is 203 g/mol. The molecular weight excluding hydrogens is 182 g/mol. The lowest BCUT2D eigenvalue weighted by Gasteiger charge is -2.02. The quantitative estimate of drug-likeness (QED) is 0.597. The first-order chi connectivity index (χ1) is 7.11. The molecule has 0 bridgehead atoms. The molecule has 1 rings (SSSR count). The van der Waals surface area contributed by atoms with Crippen LogP contribution >= 0.6 is 0 Å². The Bertz CT molecular complexity index is 310. The molecule has 0 saturated heterocycles. The van der Waals surface area contributed by atoms with Gasteiger partial charge in [-0.3, -0.25) is 4.99 Å². The van der Waals surface area contributed by atoms with Crippen molar-refractivity contribution in [2.24, 2.45) is 4.99 Å². The van der Waals surface area contributed by atoms with E-state index in [4.69, 9.17) is 0 Å². The predicted molar refractivity (Wildman–Crippen MR) is 70.3 cm³/mol. The summed E-state index contributed by atoms with van der Waals surface area (Å²) in [5.41, 5.74) is 3.10. The number of hydrogen-bond donors (Lipinski definition) is 0. The molecule has 0 aliphatic heterocycles. The van der Waals surface area contributed by atoms with Crippen molar-refractivity contribution in [1.29, 1.82) is 0 Å². The second-order valence-corrected chi connectivity index (χ2v) is 3.67. The molecule has 0 aromatic rings. The van der Waals surface area contributed by atoms with Crippen LogP contribution in [0.25, 0.3) is 0 Å². The topological polar surface area (TPSA) is 12.4 Å². The molecule has 0 radical (unpaired) electrons. The van der Waals surface area contributed by atoms with Crippen molar-refractivity contribution in [3.05, 3.63) is 48.2 Å². The normalized spacial score (nSPS) is 16.0. The highest BCUT2D eigenvalue weighted by atomic mass is 14.7. The zero-order valence-corrected chi connectivity index (χ0v) is 10.2. The first kappa shape index (κ1) is 13.6. The van der Waals surface area contributed by atoms with Crippen molar-refractivity contribution in [3.8, 4) is 0 Å². The van der Waals surface area contributed by atoms with Gasteiger partial charge in [-0.2, -0.15) is 0 Å². The molecule has 82 valence electrons. The molecule has 0 amide bonds. The molecule has 0 atom stereocenters. The molecule has 1 heteroatoms. The molecule has 0 unspecified atom stereocenters. The Labute approximate surface area is 93.6 Å². The standard InChI is InChI=1S/C11H13N.C3H8/c1-9(2)8-12-11-7-5-4-6-10(11)3;1-3-2/h4-8H,3H2,1-2H3;3H2,1-2H3. The number of nitrogens with zero attached hydrogens (tertiary/aromatic N) is 1. The van der Waals surface area contributed by atoms with Crippen LogP contribution in [0.5, 0.6) is 0 Å². The van der Waals surface area contributed by atoms with Crippen LogP contribution in [0.1, 0.15) is 34.1 Å². The molecule has 1 nitrogen and oxygen atoms in total. The van der Waals surface area contributed by atoms with Crippen LogP contribution in [0.4, 0.5) is 0 Å². The van der Waals surface area contributed by atoms with E-state index in [1.165, 1.54) is 12.0 Å². The second kappa shape index (κ2) is 7.98. The van der Waals surface area contributed by atoms with Crippen molar-refractivity contribution in [1.82, 2.24) is 0 Å². The third-order valence-electron chi connectivity index (χ3n) is 1.45. The van der Waals surface area contributed by atoms with E-state index in [9.17, 15) is 0 Å². The first-order valence-electron chi connectivity index (χ1n) is 5.37. The van der Waals surface area contributed by atoms with Crippen molar-refractivity contribution in [2.45, 2.75) is 34.1 Å².